The maximum Gasteiger partial charge on any atom is 0.274 e. The van der Waals surface area contributed by atoms with Gasteiger partial charge in [-0.3, -0.25) is 9.59 Å². The first-order valence-electron chi connectivity index (χ1n) is 6.32. The molecule has 1 amide bonds. The van der Waals surface area contributed by atoms with Gasteiger partial charge in [-0.1, -0.05) is 0 Å². The van der Waals surface area contributed by atoms with E-state index in [-0.39, 0.29) is 17.6 Å². The molecule has 0 aromatic carbocycles. The summed E-state index contributed by atoms with van der Waals surface area (Å²) in [5, 5.41) is 5.77. The van der Waals surface area contributed by atoms with Crippen molar-refractivity contribution in [2.24, 2.45) is 7.05 Å². The molecule has 0 saturated carbocycles. The number of morpholine rings is 1. The average Bonchev–Trinajstić information content (AvgIpc) is 2.35. The second-order valence-electron chi connectivity index (χ2n) is 4.84. The molecule has 2 heterocycles. The lowest BCUT2D eigenvalue weighted by atomic mass is 10.1. The highest BCUT2D eigenvalue weighted by Crippen LogP contribution is 2.08. The molecular formula is C13H19N3O3. The van der Waals surface area contributed by atoms with Crippen LogP contribution >= 0.6 is 0 Å². The summed E-state index contributed by atoms with van der Waals surface area (Å²) < 4.78 is 6.88. The Morgan fingerprint density at radius 2 is 2.32 bits per heavy atom. The molecule has 1 saturated heterocycles. The lowest BCUT2D eigenvalue weighted by Gasteiger charge is -2.29. The fraction of sp³-hybridized carbons (Fsp3) is 0.538. The SMILES string of the molecule is Cc1cc(NC(=O)[C@H]2NCCO[C@@H]2C)c(=O)n(C)c1. The third kappa shape index (κ3) is 3.02. The van der Waals surface area contributed by atoms with Crippen molar-refractivity contribution in [2.75, 3.05) is 18.5 Å². The number of carbonyl (C=O) groups is 1. The maximum atomic E-state index is 12.2. The van der Waals surface area contributed by atoms with Crippen LogP contribution in [0.15, 0.2) is 17.1 Å². The van der Waals surface area contributed by atoms with Gasteiger partial charge in [0, 0.05) is 19.8 Å². The summed E-state index contributed by atoms with van der Waals surface area (Å²) >= 11 is 0. The van der Waals surface area contributed by atoms with Crippen molar-refractivity contribution >= 4 is 11.6 Å². The number of aromatic nitrogens is 1. The third-order valence-electron chi connectivity index (χ3n) is 3.18. The van der Waals surface area contributed by atoms with E-state index in [4.69, 9.17) is 4.74 Å². The van der Waals surface area contributed by atoms with Crippen LogP contribution in [-0.2, 0) is 16.6 Å². The zero-order chi connectivity index (χ0) is 14.0. The quantitative estimate of drug-likeness (QED) is 0.790. The summed E-state index contributed by atoms with van der Waals surface area (Å²) in [7, 11) is 1.66. The fourth-order valence-corrected chi connectivity index (χ4v) is 2.21. The molecule has 2 N–H and O–H groups in total. The maximum absolute atomic E-state index is 12.2. The Labute approximate surface area is 111 Å². The minimum Gasteiger partial charge on any atom is -0.375 e. The van der Waals surface area contributed by atoms with Crippen molar-refractivity contribution in [3.05, 3.63) is 28.2 Å². The molecule has 0 bridgehead atoms. The van der Waals surface area contributed by atoms with Gasteiger partial charge in [-0.25, -0.2) is 0 Å². The van der Waals surface area contributed by atoms with E-state index in [2.05, 4.69) is 10.6 Å². The van der Waals surface area contributed by atoms with Crippen LogP contribution in [0.25, 0.3) is 0 Å². The number of ether oxygens (including phenoxy) is 1. The van der Waals surface area contributed by atoms with Gasteiger partial charge >= 0.3 is 0 Å². The molecule has 1 aromatic heterocycles. The summed E-state index contributed by atoms with van der Waals surface area (Å²) in [5.41, 5.74) is 0.994. The molecule has 0 spiro atoms. The molecule has 1 aromatic rings. The Hall–Kier alpha value is -1.66. The van der Waals surface area contributed by atoms with E-state index in [1.54, 1.807) is 19.3 Å². The van der Waals surface area contributed by atoms with E-state index in [0.717, 1.165) is 5.56 Å². The van der Waals surface area contributed by atoms with E-state index in [1.807, 2.05) is 13.8 Å². The molecule has 1 aliphatic rings. The minimum absolute atomic E-state index is 0.206. The van der Waals surface area contributed by atoms with Crippen LogP contribution in [0.2, 0.25) is 0 Å². The number of hydrogen-bond donors (Lipinski definition) is 2. The summed E-state index contributed by atoms with van der Waals surface area (Å²) in [4.78, 5) is 24.1. The van der Waals surface area contributed by atoms with Crippen LogP contribution in [0.5, 0.6) is 0 Å². The van der Waals surface area contributed by atoms with Gasteiger partial charge in [0.15, 0.2) is 0 Å². The lowest BCUT2D eigenvalue weighted by molar-refractivity contribution is -0.123. The van der Waals surface area contributed by atoms with Gasteiger partial charge in [0.1, 0.15) is 11.7 Å². The second-order valence-corrected chi connectivity index (χ2v) is 4.84. The van der Waals surface area contributed by atoms with E-state index in [0.29, 0.717) is 18.8 Å². The number of hydrogen-bond acceptors (Lipinski definition) is 4. The van der Waals surface area contributed by atoms with Crippen molar-refractivity contribution in [2.45, 2.75) is 26.0 Å². The van der Waals surface area contributed by atoms with Crippen molar-refractivity contribution in [1.29, 1.82) is 0 Å². The summed E-state index contributed by atoms with van der Waals surface area (Å²) in [6.07, 6.45) is 1.52. The molecule has 104 valence electrons. The predicted molar refractivity (Wildman–Crippen MR) is 72.3 cm³/mol. The molecule has 2 atom stereocenters. The summed E-state index contributed by atoms with van der Waals surface area (Å²) in [6, 6.07) is 1.24. The number of rotatable bonds is 2. The first-order valence-corrected chi connectivity index (χ1v) is 6.32. The van der Waals surface area contributed by atoms with Crippen LogP contribution in [0, 0.1) is 6.92 Å². The molecule has 0 radical (unpaired) electrons. The summed E-state index contributed by atoms with van der Waals surface area (Å²) in [5.74, 6) is -0.241. The van der Waals surface area contributed by atoms with E-state index in [1.165, 1.54) is 4.57 Å². The fourth-order valence-electron chi connectivity index (χ4n) is 2.21. The normalized spacial score (nSPS) is 23.1. The van der Waals surface area contributed by atoms with Crippen LogP contribution in [0.4, 0.5) is 5.69 Å². The van der Waals surface area contributed by atoms with Crippen LogP contribution in [0.3, 0.4) is 0 Å². The van der Waals surface area contributed by atoms with Crippen LogP contribution in [-0.4, -0.2) is 35.8 Å². The topological polar surface area (TPSA) is 72.4 Å². The Kier molecular flexibility index (Phi) is 4.01. The second kappa shape index (κ2) is 5.54. The number of pyridine rings is 1. The zero-order valence-electron chi connectivity index (χ0n) is 11.4. The Bertz CT molecular complexity index is 538. The smallest absolute Gasteiger partial charge is 0.274 e. The Morgan fingerprint density at radius 1 is 1.58 bits per heavy atom. The molecule has 2 rings (SSSR count). The molecule has 19 heavy (non-hydrogen) atoms. The highest BCUT2D eigenvalue weighted by atomic mass is 16.5. The number of anilines is 1. The predicted octanol–water partition coefficient (Wildman–Crippen LogP) is 0.00912. The Balaban J connectivity index is 2.17. The zero-order valence-corrected chi connectivity index (χ0v) is 11.4. The monoisotopic (exact) mass is 265 g/mol. The van der Waals surface area contributed by atoms with Gasteiger partial charge in [0.2, 0.25) is 5.91 Å². The number of carbonyl (C=O) groups excluding carboxylic acids is 1. The Morgan fingerprint density at radius 3 is 3.00 bits per heavy atom. The van der Waals surface area contributed by atoms with Crippen molar-refractivity contribution in [1.82, 2.24) is 9.88 Å². The highest BCUT2D eigenvalue weighted by Gasteiger charge is 2.28. The van der Waals surface area contributed by atoms with Gasteiger partial charge < -0.3 is 19.9 Å². The molecule has 0 unspecified atom stereocenters. The molecular weight excluding hydrogens is 246 g/mol. The molecule has 1 fully saturated rings. The first kappa shape index (κ1) is 13.8. The van der Waals surface area contributed by atoms with E-state index in [9.17, 15) is 9.59 Å². The molecule has 1 aliphatic heterocycles. The standard InChI is InChI=1S/C13H19N3O3/c1-8-6-10(13(18)16(3)7-8)15-12(17)11-9(2)19-5-4-14-11/h6-7,9,11,14H,4-5H2,1-3H3,(H,15,17)/t9-,11+/m1/s1. The van der Waals surface area contributed by atoms with Gasteiger partial charge in [-0.2, -0.15) is 0 Å². The van der Waals surface area contributed by atoms with E-state index >= 15 is 0 Å². The number of nitrogens with one attached hydrogen (secondary N) is 2. The number of aryl methyl sites for hydroxylation is 2. The lowest BCUT2D eigenvalue weighted by Crippen LogP contribution is -2.53. The van der Waals surface area contributed by atoms with Gasteiger partial charge in [-0.15, -0.1) is 0 Å². The summed E-state index contributed by atoms with van der Waals surface area (Å²) in [6.45, 7) is 4.94. The van der Waals surface area contributed by atoms with Crippen LogP contribution in [0.1, 0.15) is 12.5 Å². The average molecular weight is 265 g/mol. The van der Waals surface area contributed by atoms with Gasteiger partial charge in [0.25, 0.3) is 5.56 Å². The molecule has 6 heteroatoms. The van der Waals surface area contributed by atoms with Gasteiger partial charge in [-0.05, 0) is 25.5 Å². The third-order valence-corrected chi connectivity index (χ3v) is 3.18. The minimum atomic E-state index is -0.432. The van der Waals surface area contributed by atoms with Gasteiger partial charge in [0.05, 0.1) is 12.7 Å². The molecule has 0 aliphatic carbocycles. The van der Waals surface area contributed by atoms with E-state index < -0.39 is 6.04 Å². The van der Waals surface area contributed by atoms with Crippen molar-refractivity contribution < 1.29 is 9.53 Å². The molecule has 6 nitrogen and oxygen atoms in total. The van der Waals surface area contributed by atoms with Crippen LogP contribution < -0.4 is 16.2 Å². The highest BCUT2D eigenvalue weighted by molar-refractivity contribution is 5.95. The van der Waals surface area contributed by atoms with Crippen molar-refractivity contribution in [3.63, 3.8) is 0 Å². The first-order chi connectivity index (χ1) is 8.99. The number of nitrogens with zero attached hydrogens (tertiary/aromatic N) is 1. The van der Waals surface area contributed by atoms with Crippen molar-refractivity contribution in [3.8, 4) is 0 Å². The largest absolute Gasteiger partial charge is 0.375 e. The number of amides is 1.